The molecule has 3 N–H and O–H groups in total. The van der Waals surface area contributed by atoms with Crippen LogP contribution in [0.2, 0.25) is 0 Å². The van der Waals surface area contributed by atoms with Crippen LogP contribution in [0.3, 0.4) is 0 Å². The second-order valence-electron chi connectivity index (χ2n) is 10.4. The van der Waals surface area contributed by atoms with E-state index in [2.05, 4.69) is 72.2 Å². The molecule has 0 aliphatic carbocycles. The fourth-order valence-corrected chi connectivity index (χ4v) is 6.27. The Balaban J connectivity index is 1.36. The highest BCUT2D eigenvalue weighted by Gasteiger charge is 2.38. The number of hydrogen-bond donors (Lipinski definition) is 3. The van der Waals surface area contributed by atoms with Crippen molar-refractivity contribution in [3.8, 4) is 11.1 Å². The van der Waals surface area contributed by atoms with Crippen molar-refractivity contribution in [3.05, 3.63) is 125 Å². The summed E-state index contributed by atoms with van der Waals surface area (Å²) >= 11 is 1.79. The third-order valence-electron chi connectivity index (χ3n) is 7.57. The Morgan fingerprint density at radius 2 is 1.52 bits per heavy atom. The number of aliphatic hydroxyl groups excluding tert-OH is 1. The topological polar surface area (TPSA) is 79.8 Å². The fraction of sp³-hybridized carbons (Fsp3) is 0.286. The second kappa shape index (κ2) is 14.5. The number of amides is 2. The van der Waals surface area contributed by atoms with Crippen LogP contribution in [0, 0.1) is 5.92 Å². The van der Waals surface area contributed by atoms with E-state index in [0.717, 1.165) is 39.1 Å². The molecule has 5 rings (SSSR count). The molecule has 0 saturated carbocycles. The van der Waals surface area contributed by atoms with Gasteiger partial charge < -0.3 is 25.2 Å². The summed E-state index contributed by atoms with van der Waals surface area (Å²) in [5.74, 6) is 0.932. The van der Waals surface area contributed by atoms with Crippen LogP contribution in [-0.4, -0.2) is 29.5 Å². The van der Waals surface area contributed by atoms with Gasteiger partial charge in [-0.3, -0.25) is 0 Å². The molecular formula is C35H38N2O4S. The van der Waals surface area contributed by atoms with E-state index in [-0.39, 0.29) is 30.8 Å². The number of nitrogens with one attached hydrogen (secondary N) is 2. The molecule has 1 aliphatic rings. The number of rotatable bonds is 10. The van der Waals surface area contributed by atoms with E-state index in [9.17, 15) is 9.90 Å². The van der Waals surface area contributed by atoms with Gasteiger partial charge in [-0.15, -0.1) is 11.8 Å². The smallest absolute Gasteiger partial charge is 0.315 e. The number of thioether (sulfide) groups is 1. The van der Waals surface area contributed by atoms with Gasteiger partial charge in [0.15, 0.2) is 6.29 Å². The molecule has 218 valence electrons. The molecule has 1 heterocycles. The van der Waals surface area contributed by atoms with Crippen LogP contribution in [0.25, 0.3) is 11.1 Å². The van der Waals surface area contributed by atoms with Crippen molar-refractivity contribution < 1.29 is 19.4 Å². The van der Waals surface area contributed by atoms with Crippen LogP contribution in [0.5, 0.6) is 0 Å². The SMILES string of the molecule is CCNC(=O)NCc1ccccc1-c1ccc([C@H]2O[C@@H](CSc3ccccc3)[C@@H](C)[C@@H](c3ccc(CO)cc3)O2)cc1. The minimum atomic E-state index is -0.520. The maximum absolute atomic E-state index is 12.0. The zero-order chi connectivity index (χ0) is 29.3. The van der Waals surface area contributed by atoms with E-state index in [1.807, 2.05) is 55.5 Å². The average Bonchev–Trinajstić information content (AvgIpc) is 3.04. The molecule has 4 atom stereocenters. The minimum Gasteiger partial charge on any atom is -0.392 e. The van der Waals surface area contributed by atoms with Gasteiger partial charge in [0, 0.05) is 35.2 Å². The van der Waals surface area contributed by atoms with Gasteiger partial charge in [0.25, 0.3) is 0 Å². The zero-order valence-electron chi connectivity index (χ0n) is 24.0. The van der Waals surface area contributed by atoms with Crippen LogP contribution in [0.4, 0.5) is 4.79 Å². The van der Waals surface area contributed by atoms with Gasteiger partial charge in [0.2, 0.25) is 0 Å². The highest BCUT2D eigenvalue weighted by molar-refractivity contribution is 7.99. The molecule has 1 saturated heterocycles. The summed E-state index contributed by atoms with van der Waals surface area (Å²) in [6.45, 7) is 5.12. The molecule has 0 spiro atoms. The van der Waals surface area contributed by atoms with Gasteiger partial charge in [0.05, 0.1) is 18.8 Å². The largest absolute Gasteiger partial charge is 0.392 e. The first-order valence-corrected chi connectivity index (χ1v) is 15.4. The predicted molar refractivity (Wildman–Crippen MR) is 168 cm³/mol. The number of carbonyl (C=O) groups excluding carboxylic acids is 1. The van der Waals surface area contributed by atoms with Gasteiger partial charge in [-0.2, -0.15) is 0 Å². The molecule has 6 nitrogen and oxygen atoms in total. The van der Waals surface area contributed by atoms with Crippen molar-refractivity contribution in [1.29, 1.82) is 0 Å². The van der Waals surface area contributed by atoms with E-state index in [1.165, 1.54) is 4.90 Å². The summed E-state index contributed by atoms with van der Waals surface area (Å²) in [5, 5.41) is 15.2. The van der Waals surface area contributed by atoms with Crippen LogP contribution in [0.15, 0.2) is 108 Å². The molecule has 4 aromatic rings. The van der Waals surface area contributed by atoms with Crippen LogP contribution < -0.4 is 10.6 Å². The van der Waals surface area contributed by atoms with Gasteiger partial charge >= 0.3 is 6.03 Å². The molecule has 2 amide bonds. The lowest BCUT2D eigenvalue weighted by atomic mass is 9.91. The lowest BCUT2D eigenvalue weighted by Gasteiger charge is -2.41. The van der Waals surface area contributed by atoms with Crippen LogP contribution in [0.1, 0.15) is 48.5 Å². The van der Waals surface area contributed by atoms with Crippen molar-refractivity contribution in [2.45, 2.75) is 50.4 Å². The van der Waals surface area contributed by atoms with Crippen LogP contribution >= 0.6 is 11.8 Å². The molecule has 0 unspecified atom stereocenters. The summed E-state index contributed by atoms with van der Waals surface area (Å²) in [7, 11) is 0. The number of benzene rings is 4. The van der Waals surface area contributed by atoms with Crippen molar-refractivity contribution >= 4 is 17.8 Å². The quantitative estimate of drug-likeness (QED) is 0.172. The summed E-state index contributed by atoms with van der Waals surface area (Å²) in [5.41, 5.74) is 6.08. The standard InChI is InChI=1S/C35H38N2O4S/c1-3-36-35(39)37-21-29-9-7-8-12-31(29)26-17-19-28(20-18-26)34-40-32(23-42-30-10-5-4-6-11-30)24(2)33(41-34)27-15-13-25(22-38)14-16-27/h4-20,24,32-34,38H,3,21-23H2,1-2H3,(H2,36,37,39)/t24-,32+,33+,34+/m1/s1. The number of ether oxygens (including phenoxy) is 2. The minimum absolute atomic E-state index is 0.0148. The zero-order valence-corrected chi connectivity index (χ0v) is 24.8. The molecular weight excluding hydrogens is 544 g/mol. The maximum Gasteiger partial charge on any atom is 0.315 e. The van der Waals surface area contributed by atoms with Crippen LogP contribution in [-0.2, 0) is 22.6 Å². The van der Waals surface area contributed by atoms with E-state index in [4.69, 9.17) is 9.47 Å². The summed E-state index contributed by atoms with van der Waals surface area (Å²) in [6.07, 6.45) is -0.704. The number of hydrogen-bond acceptors (Lipinski definition) is 5. The van der Waals surface area contributed by atoms with Crippen molar-refractivity contribution in [2.24, 2.45) is 5.92 Å². The highest BCUT2D eigenvalue weighted by Crippen LogP contribution is 2.43. The first-order chi connectivity index (χ1) is 20.6. The highest BCUT2D eigenvalue weighted by atomic mass is 32.2. The third-order valence-corrected chi connectivity index (χ3v) is 8.67. The Bertz CT molecular complexity index is 1430. The molecule has 7 heteroatoms. The first-order valence-electron chi connectivity index (χ1n) is 14.4. The molecule has 0 bridgehead atoms. The normalized spacial score (nSPS) is 20.2. The van der Waals surface area contributed by atoms with Gasteiger partial charge in [-0.25, -0.2) is 4.79 Å². The van der Waals surface area contributed by atoms with E-state index in [0.29, 0.717) is 13.1 Å². The predicted octanol–water partition coefficient (Wildman–Crippen LogP) is 7.25. The van der Waals surface area contributed by atoms with E-state index < -0.39 is 6.29 Å². The molecule has 4 aromatic carbocycles. The Morgan fingerprint density at radius 1 is 0.833 bits per heavy atom. The average molecular weight is 583 g/mol. The van der Waals surface area contributed by atoms with Crippen molar-refractivity contribution in [3.63, 3.8) is 0 Å². The Morgan fingerprint density at radius 3 is 2.24 bits per heavy atom. The summed E-state index contributed by atoms with van der Waals surface area (Å²) in [6, 6.07) is 34.6. The lowest BCUT2D eigenvalue weighted by Crippen LogP contribution is -2.38. The number of carbonyl (C=O) groups is 1. The lowest BCUT2D eigenvalue weighted by molar-refractivity contribution is -0.268. The Hall–Kier alpha value is -3.62. The Kier molecular flexibility index (Phi) is 10.3. The monoisotopic (exact) mass is 582 g/mol. The van der Waals surface area contributed by atoms with Crippen molar-refractivity contribution in [1.82, 2.24) is 10.6 Å². The van der Waals surface area contributed by atoms with E-state index in [1.54, 1.807) is 11.8 Å². The fourth-order valence-electron chi connectivity index (χ4n) is 5.18. The molecule has 0 radical (unpaired) electrons. The van der Waals surface area contributed by atoms with E-state index >= 15 is 0 Å². The molecule has 1 aliphatic heterocycles. The number of urea groups is 1. The second-order valence-corrected chi connectivity index (χ2v) is 11.5. The van der Waals surface area contributed by atoms with Gasteiger partial charge in [0.1, 0.15) is 0 Å². The summed E-state index contributed by atoms with van der Waals surface area (Å²) < 4.78 is 13.3. The summed E-state index contributed by atoms with van der Waals surface area (Å²) in [4.78, 5) is 13.2. The third kappa shape index (κ3) is 7.41. The van der Waals surface area contributed by atoms with Gasteiger partial charge in [-0.05, 0) is 46.9 Å². The van der Waals surface area contributed by atoms with Gasteiger partial charge in [-0.1, -0.05) is 97.9 Å². The maximum atomic E-state index is 12.0. The molecule has 0 aromatic heterocycles. The molecule has 1 fully saturated rings. The number of aliphatic hydroxyl groups is 1. The van der Waals surface area contributed by atoms with Crippen molar-refractivity contribution in [2.75, 3.05) is 12.3 Å². The molecule has 42 heavy (non-hydrogen) atoms. The first kappa shape index (κ1) is 29.9. The Labute approximate surface area is 252 Å².